The minimum atomic E-state index is -0.497. The van der Waals surface area contributed by atoms with Gasteiger partial charge in [0.15, 0.2) is 0 Å². The number of nitrogens with zero attached hydrogens (tertiary/aromatic N) is 2. The van der Waals surface area contributed by atoms with Crippen molar-refractivity contribution in [2.75, 3.05) is 7.05 Å². The summed E-state index contributed by atoms with van der Waals surface area (Å²) in [5, 5.41) is 0. The van der Waals surface area contributed by atoms with Crippen LogP contribution in [0, 0.1) is 12.8 Å². The van der Waals surface area contributed by atoms with Crippen LogP contribution in [-0.2, 0) is 13.0 Å². The van der Waals surface area contributed by atoms with E-state index in [4.69, 9.17) is 4.42 Å². The highest BCUT2D eigenvalue weighted by Crippen LogP contribution is 2.11. The molecule has 22 heavy (non-hydrogen) atoms. The molecule has 0 fully saturated rings. The highest BCUT2D eigenvalue weighted by atomic mass is 16.3. The van der Waals surface area contributed by atoms with E-state index in [9.17, 15) is 9.59 Å². The molecule has 1 N–H and O–H groups in total. The Balaban J connectivity index is 2.17. The summed E-state index contributed by atoms with van der Waals surface area (Å²) in [5.41, 5.74) is 0.384. The molecule has 0 bridgehead atoms. The maximum atomic E-state index is 12.4. The Morgan fingerprint density at radius 3 is 2.73 bits per heavy atom. The van der Waals surface area contributed by atoms with Crippen LogP contribution in [0.5, 0.6) is 0 Å². The molecule has 2 rings (SSSR count). The van der Waals surface area contributed by atoms with Crippen LogP contribution in [0.3, 0.4) is 0 Å². The van der Waals surface area contributed by atoms with Crippen LogP contribution in [0.4, 0.5) is 0 Å². The molecule has 2 aromatic heterocycles. The Kier molecular flexibility index (Phi) is 4.80. The van der Waals surface area contributed by atoms with Gasteiger partial charge in [0, 0.05) is 12.7 Å². The van der Waals surface area contributed by atoms with E-state index in [1.165, 1.54) is 4.90 Å². The van der Waals surface area contributed by atoms with Gasteiger partial charge < -0.3 is 14.3 Å². The first-order valence-electron chi connectivity index (χ1n) is 7.26. The summed E-state index contributed by atoms with van der Waals surface area (Å²) >= 11 is 0. The molecule has 0 radical (unpaired) electrons. The third-order valence-electron chi connectivity index (χ3n) is 3.18. The maximum absolute atomic E-state index is 12.4. The van der Waals surface area contributed by atoms with E-state index in [1.54, 1.807) is 13.1 Å². The molecule has 1 amide bonds. The average Bonchev–Trinajstić information content (AvgIpc) is 2.81. The number of carbonyl (C=O) groups excluding carboxylic acids is 1. The van der Waals surface area contributed by atoms with Crippen molar-refractivity contribution in [1.29, 1.82) is 0 Å². The van der Waals surface area contributed by atoms with Gasteiger partial charge in [-0.15, -0.1) is 0 Å². The number of aromatic nitrogens is 2. The highest BCUT2D eigenvalue weighted by molar-refractivity contribution is 5.92. The van der Waals surface area contributed by atoms with Crippen molar-refractivity contribution in [2.24, 2.45) is 5.92 Å². The number of amides is 1. The van der Waals surface area contributed by atoms with Gasteiger partial charge in [0.25, 0.3) is 5.91 Å². The van der Waals surface area contributed by atoms with Crippen LogP contribution in [-0.4, -0.2) is 27.8 Å². The third kappa shape index (κ3) is 4.07. The lowest BCUT2D eigenvalue weighted by Gasteiger charge is -2.15. The van der Waals surface area contributed by atoms with Gasteiger partial charge in [0.2, 0.25) is 0 Å². The molecule has 0 aliphatic heterocycles. The molecule has 0 aliphatic rings. The van der Waals surface area contributed by atoms with E-state index in [0.29, 0.717) is 24.6 Å². The monoisotopic (exact) mass is 303 g/mol. The number of hydrogen-bond donors (Lipinski definition) is 1. The number of carbonyl (C=O) groups is 1. The SMILES string of the molecule is Cc1ccc(CN(C)C(=O)c2cc(CC(C)C)[nH]c(=O)n2)o1. The Labute approximate surface area is 129 Å². The number of rotatable bonds is 5. The second-order valence-electron chi connectivity index (χ2n) is 5.87. The van der Waals surface area contributed by atoms with Crippen LogP contribution < -0.4 is 5.69 Å². The molecule has 2 heterocycles. The fraction of sp³-hybridized carbons (Fsp3) is 0.438. The Hall–Kier alpha value is -2.37. The minimum Gasteiger partial charge on any atom is -0.464 e. The first-order valence-corrected chi connectivity index (χ1v) is 7.26. The lowest BCUT2D eigenvalue weighted by atomic mass is 10.1. The molecule has 6 heteroatoms. The molecule has 0 saturated heterocycles. The van der Waals surface area contributed by atoms with Crippen molar-refractivity contribution in [2.45, 2.75) is 33.7 Å². The summed E-state index contributed by atoms with van der Waals surface area (Å²) in [7, 11) is 1.66. The molecule has 0 aliphatic carbocycles. The molecule has 0 spiro atoms. The van der Waals surface area contributed by atoms with Gasteiger partial charge in [0.1, 0.15) is 17.2 Å². The highest BCUT2D eigenvalue weighted by Gasteiger charge is 2.16. The minimum absolute atomic E-state index is 0.158. The summed E-state index contributed by atoms with van der Waals surface area (Å²) in [6.07, 6.45) is 0.694. The summed E-state index contributed by atoms with van der Waals surface area (Å²) in [5.74, 6) is 1.57. The van der Waals surface area contributed by atoms with Gasteiger partial charge >= 0.3 is 5.69 Å². The Morgan fingerprint density at radius 2 is 2.14 bits per heavy atom. The van der Waals surface area contributed by atoms with E-state index in [1.807, 2.05) is 32.9 Å². The van der Waals surface area contributed by atoms with E-state index in [0.717, 1.165) is 11.5 Å². The van der Waals surface area contributed by atoms with Crippen molar-refractivity contribution in [3.8, 4) is 0 Å². The van der Waals surface area contributed by atoms with Gasteiger partial charge in [-0.2, -0.15) is 4.98 Å². The molecule has 0 unspecified atom stereocenters. The fourth-order valence-electron chi connectivity index (χ4n) is 2.24. The predicted octanol–water partition coefficient (Wildman–Crippen LogP) is 2.14. The quantitative estimate of drug-likeness (QED) is 0.917. The largest absolute Gasteiger partial charge is 0.464 e. The molecule has 118 valence electrons. The first-order chi connectivity index (χ1) is 10.3. The van der Waals surface area contributed by atoms with Crippen molar-refractivity contribution >= 4 is 5.91 Å². The van der Waals surface area contributed by atoms with E-state index < -0.39 is 5.69 Å². The molecule has 0 atom stereocenters. The Bertz CT molecular complexity index is 715. The fourth-order valence-corrected chi connectivity index (χ4v) is 2.24. The van der Waals surface area contributed by atoms with Gasteiger partial charge in [-0.25, -0.2) is 4.79 Å². The zero-order chi connectivity index (χ0) is 16.3. The van der Waals surface area contributed by atoms with E-state index in [2.05, 4.69) is 9.97 Å². The molecular weight excluding hydrogens is 282 g/mol. The number of H-pyrrole nitrogens is 1. The zero-order valence-electron chi connectivity index (χ0n) is 13.3. The van der Waals surface area contributed by atoms with Gasteiger partial charge in [-0.1, -0.05) is 13.8 Å². The molecular formula is C16H21N3O3. The van der Waals surface area contributed by atoms with Gasteiger partial charge in [0.05, 0.1) is 6.54 Å². The van der Waals surface area contributed by atoms with Crippen molar-refractivity contribution < 1.29 is 9.21 Å². The topological polar surface area (TPSA) is 79.2 Å². The van der Waals surface area contributed by atoms with Crippen LogP contribution in [0.1, 0.15) is 41.6 Å². The molecule has 0 aromatic carbocycles. The number of furan rings is 1. The number of aromatic amines is 1. The van der Waals surface area contributed by atoms with Crippen LogP contribution >= 0.6 is 0 Å². The van der Waals surface area contributed by atoms with Gasteiger partial charge in [-0.3, -0.25) is 4.79 Å². The van der Waals surface area contributed by atoms with Crippen molar-refractivity contribution in [1.82, 2.24) is 14.9 Å². The smallest absolute Gasteiger partial charge is 0.345 e. The lowest BCUT2D eigenvalue weighted by molar-refractivity contribution is 0.0768. The molecule has 0 saturated carbocycles. The van der Waals surface area contributed by atoms with E-state index >= 15 is 0 Å². The lowest BCUT2D eigenvalue weighted by Crippen LogP contribution is -2.29. The second-order valence-corrected chi connectivity index (χ2v) is 5.87. The number of aryl methyl sites for hydroxylation is 1. The number of nitrogens with one attached hydrogen (secondary N) is 1. The normalized spacial score (nSPS) is 11.0. The molecule has 6 nitrogen and oxygen atoms in total. The Morgan fingerprint density at radius 1 is 1.41 bits per heavy atom. The summed E-state index contributed by atoms with van der Waals surface area (Å²) in [6, 6.07) is 5.32. The molecule has 2 aromatic rings. The summed E-state index contributed by atoms with van der Waals surface area (Å²) < 4.78 is 5.46. The second kappa shape index (κ2) is 6.60. The van der Waals surface area contributed by atoms with Crippen molar-refractivity contribution in [3.05, 3.63) is 51.6 Å². The average molecular weight is 303 g/mol. The summed E-state index contributed by atoms with van der Waals surface area (Å²) in [4.78, 5) is 32.0. The zero-order valence-corrected chi connectivity index (χ0v) is 13.3. The summed E-state index contributed by atoms with van der Waals surface area (Å²) in [6.45, 7) is 6.28. The first kappa shape index (κ1) is 16.0. The predicted molar refractivity (Wildman–Crippen MR) is 82.6 cm³/mol. The van der Waals surface area contributed by atoms with Gasteiger partial charge in [-0.05, 0) is 37.5 Å². The standard InChI is InChI=1S/C16H21N3O3/c1-10(2)7-12-8-14(18-16(21)17-12)15(20)19(4)9-13-6-5-11(3)22-13/h5-6,8,10H,7,9H2,1-4H3,(H,17,18,21). The van der Waals surface area contributed by atoms with Crippen LogP contribution in [0.25, 0.3) is 0 Å². The van der Waals surface area contributed by atoms with Crippen LogP contribution in [0.2, 0.25) is 0 Å². The third-order valence-corrected chi connectivity index (χ3v) is 3.18. The number of hydrogen-bond acceptors (Lipinski definition) is 4. The van der Waals surface area contributed by atoms with Crippen LogP contribution in [0.15, 0.2) is 27.4 Å². The van der Waals surface area contributed by atoms with Crippen molar-refractivity contribution in [3.63, 3.8) is 0 Å². The van der Waals surface area contributed by atoms with E-state index in [-0.39, 0.29) is 11.6 Å². The maximum Gasteiger partial charge on any atom is 0.345 e.